The third kappa shape index (κ3) is 2.70. The lowest BCUT2D eigenvalue weighted by molar-refractivity contribution is 0.208. The molecule has 0 fully saturated rings. The summed E-state index contributed by atoms with van der Waals surface area (Å²) in [5.74, 6) is 0.727. The predicted octanol–water partition coefficient (Wildman–Crippen LogP) is 3.29. The molecule has 0 atom stereocenters. The topological polar surface area (TPSA) is 83.0 Å². The summed E-state index contributed by atoms with van der Waals surface area (Å²) in [6, 6.07) is 8.99. The summed E-state index contributed by atoms with van der Waals surface area (Å²) in [5.41, 5.74) is 5.90. The Bertz CT molecular complexity index is 849. The fraction of sp³-hybridized carbons (Fsp3) is 0. The van der Waals surface area contributed by atoms with Crippen molar-refractivity contribution < 1.29 is 9.53 Å². The molecule has 1 aromatic carbocycles. The minimum atomic E-state index is -0.904. The van der Waals surface area contributed by atoms with Crippen molar-refractivity contribution in [3.63, 3.8) is 0 Å². The molecule has 0 unspecified atom stereocenters. The van der Waals surface area contributed by atoms with Crippen LogP contribution < -0.4 is 10.5 Å². The zero-order chi connectivity index (χ0) is 15.0. The van der Waals surface area contributed by atoms with Crippen LogP contribution >= 0.6 is 27.5 Å². The molecule has 8 heteroatoms. The van der Waals surface area contributed by atoms with Gasteiger partial charge in [-0.1, -0.05) is 22.0 Å². The molecular formula is C13H8BrClN4O2. The van der Waals surface area contributed by atoms with Gasteiger partial charge in [-0.3, -0.25) is 4.57 Å². The molecule has 3 rings (SSSR count). The molecule has 0 aliphatic carbocycles. The second kappa shape index (κ2) is 5.34. The molecule has 0 spiro atoms. The third-order valence-corrected chi connectivity index (χ3v) is 3.45. The van der Waals surface area contributed by atoms with Gasteiger partial charge in [0.2, 0.25) is 11.2 Å². The Morgan fingerprint density at radius 3 is 2.86 bits per heavy atom. The average molecular weight is 368 g/mol. The quantitative estimate of drug-likeness (QED) is 0.705. The van der Waals surface area contributed by atoms with Crippen LogP contribution in [0.15, 0.2) is 41.0 Å². The highest BCUT2D eigenvalue weighted by Crippen LogP contribution is 2.31. The van der Waals surface area contributed by atoms with Gasteiger partial charge in [0, 0.05) is 22.1 Å². The number of carbonyl (C=O) groups excluding carboxylic acids is 1. The first kappa shape index (κ1) is 13.8. The van der Waals surface area contributed by atoms with E-state index in [0.29, 0.717) is 5.82 Å². The minimum Gasteiger partial charge on any atom is -0.393 e. The van der Waals surface area contributed by atoms with E-state index in [1.807, 2.05) is 18.2 Å². The van der Waals surface area contributed by atoms with Crippen LogP contribution in [0.1, 0.15) is 0 Å². The van der Waals surface area contributed by atoms with Gasteiger partial charge in [-0.05, 0) is 29.8 Å². The number of primary amides is 1. The molecule has 0 aliphatic rings. The van der Waals surface area contributed by atoms with Gasteiger partial charge in [0.25, 0.3) is 0 Å². The summed E-state index contributed by atoms with van der Waals surface area (Å²) in [6.45, 7) is 0. The Balaban J connectivity index is 2.30. The molecule has 0 saturated carbocycles. The number of rotatable bonds is 2. The summed E-state index contributed by atoms with van der Waals surface area (Å²) in [6.07, 6.45) is 0.612. The second-order valence-corrected chi connectivity index (χ2v) is 5.38. The molecule has 6 nitrogen and oxygen atoms in total. The maximum Gasteiger partial charge on any atom is 0.411 e. The van der Waals surface area contributed by atoms with E-state index >= 15 is 0 Å². The van der Waals surface area contributed by atoms with Crippen LogP contribution in [-0.2, 0) is 0 Å². The van der Waals surface area contributed by atoms with Crippen molar-refractivity contribution >= 4 is 44.5 Å². The molecule has 0 radical (unpaired) electrons. The number of fused-ring (bicyclic) bond motifs is 1. The monoisotopic (exact) mass is 366 g/mol. The van der Waals surface area contributed by atoms with Gasteiger partial charge >= 0.3 is 6.09 Å². The largest absolute Gasteiger partial charge is 0.411 e. The average Bonchev–Trinajstić information content (AvgIpc) is 2.75. The number of nitrogens with zero attached hydrogens (tertiary/aromatic N) is 3. The highest BCUT2D eigenvalue weighted by Gasteiger charge is 2.15. The van der Waals surface area contributed by atoms with Crippen molar-refractivity contribution in [2.24, 2.45) is 5.73 Å². The molecule has 2 heterocycles. The third-order valence-electron chi connectivity index (χ3n) is 2.78. The lowest BCUT2D eigenvalue weighted by Gasteiger charge is -2.08. The Labute approximate surface area is 132 Å². The van der Waals surface area contributed by atoms with Crippen molar-refractivity contribution in [1.29, 1.82) is 0 Å². The maximum absolute atomic E-state index is 11.1. The first-order valence-corrected chi connectivity index (χ1v) is 6.99. The Morgan fingerprint density at radius 2 is 2.14 bits per heavy atom. The number of halogens is 2. The number of nitrogens with two attached hydrogens (primary N) is 1. The van der Waals surface area contributed by atoms with E-state index in [1.165, 1.54) is 6.20 Å². The highest BCUT2D eigenvalue weighted by molar-refractivity contribution is 9.10. The number of benzene rings is 1. The van der Waals surface area contributed by atoms with Gasteiger partial charge < -0.3 is 10.5 Å². The van der Waals surface area contributed by atoms with Crippen LogP contribution in [0.2, 0.25) is 5.28 Å². The molecule has 21 heavy (non-hydrogen) atoms. The SMILES string of the molecule is NC(=O)Oc1cc2ccc(Br)cc2n1-c1ccnc(Cl)n1. The molecule has 106 valence electrons. The van der Waals surface area contributed by atoms with Crippen LogP contribution in [0.4, 0.5) is 4.79 Å². The van der Waals surface area contributed by atoms with E-state index < -0.39 is 6.09 Å². The highest BCUT2D eigenvalue weighted by atomic mass is 79.9. The van der Waals surface area contributed by atoms with Gasteiger partial charge in [-0.25, -0.2) is 9.78 Å². The first-order chi connectivity index (χ1) is 10.0. The Kier molecular flexibility index (Phi) is 3.52. The van der Waals surface area contributed by atoms with Crippen molar-refractivity contribution in [2.75, 3.05) is 0 Å². The van der Waals surface area contributed by atoms with Crippen molar-refractivity contribution in [3.8, 4) is 11.7 Å². The van der Waals surface area contributed by atoms with Gasteiger partial charge in [0.1, 0.15) is 5.82 Å². The molecule has 0 saturated heterocycles. The summed E-state index contributed by atoms with van der Waals surface area (Å²) < 4.78 is 7.56. The van der Waals surface area contributed by atoms with Crippen LogP contribution in [0, 0.1) is 0 Å². The molecule has 0 aliphatic heterocycles. The molecule has 2 N–H and O–H groups in total. The molecule has 3 aromatic rings. The van der Waals surface area contributed by atoms with Crippen LogP contribution in [-0.4, -0.2) is 20.6 Å². The van der Waals surface area contributed by atoms with Crippen molar-refractivity contribution in [2.45, 2.75) is 0 Å². The van der Waals surface area contributed by atoms with Crippen molar-refractivity contribution in [1.82, 2.24) is 14.5 Å². The number of aromatic nitrogens is 3. The zero-order valence-electron chi connectivity index (χ0n) is 10.5. The Morgan fingerprint density at radius 1 is 1.33 bits per heavy atom. The summed E-state index contributed by atoms with van der Waals surface area (Å²) in [7, 11) is 0. The van der Waals surface area contributed by atoms with E-state index in [1.54, 1.807) is 16.7 Å². The van der Waals surface area contributed by atoms with Gasteiger partial charge in [-0.2, -0.15) is 4.98 Å². The lowest BCUT2D eigenvalue weighted by Crippen LogP contribution is -2.18. The van der Waals surface area contributed by atoms with E-state index in [0.717, 1.165) is 15.4 Å². The predicted molar refractivity (Wildman–Crippen MR) is 81.8 cm³/mol. The van der Waals surface area contributed by atoms with Crippen LogP contribution in [0.25, 0.3) is 16.7 Å². The second-order valence-electron chi connectivity index (χ2n) is 4.13. The molecular weight excluding hydrogens is 360 g/mol. The van der Waals surface area contributed by atoms with Crippen molar-refractivity contribution in [3.05, 3.63) is 46.3 Å². The summed E-state index contributed by atoms with van der Waals surface area (Å²) in [5, 5.41) is 0.957. The number of ether oxygens (including phenoxy) is 1. The molecule has 2 aromatic heterocycles. The first-order valence-electron chi connectivity index (χ1n) is 5.82. The zero-order valence-corrected chi connectivity index (χ0v) is 12.8. The standard InChI is InChI=1S/C13H8BrClN4O2/c14-8-2-1-7-5-11(21-13(16)20)19(9(7)6-8)10-3-4-17-12(15)18-10/h1-6H,(H2,16,20). The molecule has 0 bridgehead atoms. The van der Waals surface area contributed by atoms with E-state index in [9.17, 15) is 4.79 Å². The lowest BCUT2D eigenvalue weighted by atomic mass is 10.2. The fourth-order valence-corrected chi connectivity index (χ4v) is 2.51. The smallest absolute Gasteiger partial charge is 0.393 e. The van der Waals surface area contributed by atoms with Crippen LogP contribution in [0.3, 0.4) is 0 Å². The van der Waals surface area contributed by atoms with E-state index in [2.05, 4.69) is 25.9 Å². The number of hydrogen-bond acceptors (Lipinski definition) is 4. The maximum atomic E-state index is 11.1. The summed E-state index contributed by atoms with van der Waals surface area (Å²) >= 11 is 9.23. The number of hydrogen-bond donors (Lipinski definition) is 1. The minimum absolute atomic E-state index is 0.0920. The normalized spacial score (nSPS) is 10.8. The van der Waals surface area contributed by atoms with Crippen LogP contribution in [0.5, 0.6) is 5.88 Å². The number of carbonyl (C=O) groups is 1. The number of amides is 1. The van der Waals surface area contributed by atoms with Gasteiger partial charge in [0.15, 0.2) is 0 Å². The fourth-order valence-electron chi connectivity index (χ4n) is 2.01. The molecule has 1 amide bonds. The Hall–Kier alpha value is -2.12. The van der Waals surface area contributed by atoms with Gasteiger partial charge in [-0.15, -0.1) is 0 Å². The van der Waals surface area contributed by atoms with E-state index in [4.69, 9.17) is 22.1 Å². The van der Waals surface area contributed by atoms with E-state index in [-0.39, 0.29) is 11.2 Å². The summed E-state index contributed by atoms with van der Waals surface area (Å²) in [4.78, 5) is 19.1. The van der Waals surface area contributed by atoms with Gasteiger partial charge in [0.05, 0.1) is 5.52 Å².